The third-order valence-corrected chi connectivity index (χ3v) is 3.92. The van der Waals surface area contributed by atoms with Crippen LogP contribution in [0.4, 0.5) is 5.69 Å². The molecule has 8 heteroatoms. The Morgan fingerprint density at radius 2 is 1.65 bits per heavy atom. The zero-order valence-corrected chi connectivity index (χ0v) is 16.4. The van der Waals surface area contributed by atoms with Gasteiger partial charge in [-0.05, 0) is 59.0 Å². The van der Waals surface area contributed by atoms with E-state index >= 15 is 0 Å². The Bertz CT molecular complexity index is 763. The van der Waals surface area contributed by atoms with E-state index in [4.69, 9.17) is 18.9 Å². The van der Waals surface area contributed by atoms with E-state index in [2.05, 4.69) is 27.9 Å². The highest BCUT2D eigenvalue weighted by molar-refractivity contribution is 14.1. The number of ether oxygens (including phenoxy) is 4. The maximum Gasteiger partial charge on any atom is 0.344 e. The van der Waals surface area contributed by atoms with Crippen molar-refractivity contribution in [2.45, 2.75) is 0 Å². The summed E-state index contributed by atoms with van der Waals surface area (Å²) in [4.78, 5) is 23.5. The van der Waals surface area contributed by atoms with Gasteiger partial charge < -0.3 is 24.3 Å². The molecular formula is C18H18INO6. The molecular weight excluding hydrogens is 453 g/mol. The van der Waals surface area contributed by atoms with Crippen molar-refractivity contribution in [3.63, 3.8) is 0 Å². The minimum absolute atomic E-state index is 0.274. The fourth-order valence-corrected chi connectivity index (χ4v) is 2.33. The largest absolute Gasteiger partial charge is 0.493 e. The van der Waals surface area contributed by atoms with Gasteiger partial charge in [0.2, 0.25) is 0 Å². The second kappa shape index (κ2) is 9.85. The third kappa shape index (κ3) is 6.10. The summed E-state index contributed by atoms with van der Waals surface area (Å²) in [5.74, 6) is 0.473. The highest BCUT2D eigenvalue weighted by Gasteiger charge is 2.11. The lowest BCUT2D eigenvalue weighted by Gasteiger charge is -2.11. The number of esters is 1. The van der Waals surface area contributed by atoms with Gasteiger partial charge in [-0.2, -0.15) is 0 Å². The summed E-state index contributed by atoms with van der Waals surface area (Å²) in [6, 6.07) is 12.1. The molecule has 0 radical (unpaired) electrons. The number of methoxy groups -OCH3 is 2. The number of benzene rings is 2. The standard InChI is InChI=1S/C18H18INO6/c1-23-15-8-5-13(9-16(15)24-2)20-17(21)10-26-18(22)11-25-14-6-3-12(19)4-7-14/h3-9H,10-11H2,1-2H3,(H,20,21). The molecule has 2 rings (SSSR count). The summed E-state index contributed by atoms with van der Waals surface area (Å²) in [7, 11) is 3.02. The summed E-state index contributed by atoms with van der Waals surface area (Å²) in [6.07, 6.45) is 0. The van der Waals surface area contributed by atoms with Crippen LogP contribution < -0.4 is 19.5 Å². The summed E-state index contributed by atoms with van der Waals surface area (Å²) in [6.45, 7) is -0.687. The summed E-state index contributed by atoms with van der Waals surface area (Å²) < 4.78 is 21.5. The molecule has 2 aromatic carbocycles. The highest BCUT2D eigenvalue weighted by Crippen LogP contribution is 2.29. The summed E-state index contributed by atoms with van der Waals surface area (Å²) in [5.41, 5.74) is 0.499. The van der Waals surface area contributed by atoms with Crippen LogP contribution in [0.3, 0.4) is 0 Å². The molecule has 1 N–H and O–H groups in total. The Balaban J connectivity index is 1.77. The van der Waals surface area contributed by atoms with E-state index in [1.165, 1.54) is 14.2 Å². The molecule has 0 unspecified atom stereocenters. The van der Waals surface area contributed by atoms with Gasteiger partial charge in [-0.3, -0.25) is 4.79 Å². The zero-order valence-electron chi connectivity index (χ0n) is 14.3. The first-order valence-corrected chi connectivity index (χ1v) is 8.65. The fraction of sp³-hybridized carbons (Fsp3) is 0.222. The van der Waals surface area contributed by atoms with Crippen molar-refractivity contribution in [1.29, 1.82) is 0 Å². The molecule has 0 aliphatic carbocycles. The molecule has 0 saturated heterocycles. The van der Waals surface area contributed by atoms with Crippen LogP contribution in [0.2, 0.25) is 0 Å². The smallest absolute Gasteiger partial charge is 0.344 e. The Kier molecular flexibility index (Phi) is 7.52. The van der Waals surface area contributed by atoms with Crippen LogP contribution in [0.25, 0.3) is 0 Å². The van der Waals surface area contributed by atoms with E-state index in [9.17, 15) is 9.59 Å². The Labute approximate surface area is 164 Å². The van der Waals surface area contributed by atoms with Crippen LogP contribution in [-0.4, -0.2) is 39.3 Å². The van der Waals surface area contributed by atoms with Crippen LogP contribution in [0.1, 0.15) is 0 Å². The molecule has 2 aromatic rings. The molecule has 0 fully saturated rings. The van der Waals surface area contributed by atoms with Crippen LogP contribution in [0.15, 0.2) is 42.5 Å². The number of carbonyl (C=O) groups is 2. The van der Waals surface area contributed by atoms with E-state index in [1.54, 1.807) is 30.3 Å². The lowest BCUT2D eigenvalue weighted by Crippen LogP contribution is -2.23. The average molecular weight is 471 g/mol. The number of amides is 1. The average Bonchev–Trinajstić information content (AvgIpc) is 2.65. The molecule has 0 aromatic heterocycles. The molecule has 0 heterocycles. The van der Waals surface area contributed by atoms with Gasteiger partial charge in [0.05, 0.1) is 14.2 Å². The number of hydrogen-bond donors (Lipinski definition) is 1. The van der Waals surface area contributed by atoms with E-state index < -0.39 is 18.5 Å². The van der Waals surface area contributed by atoms with Gasteiger partial charge in [0.25, 0.3) is 5.91 Å². The monoisotopic (exact) mass is 471 g/mol. The molecule has 0 spiro atoms. The highest BCUT2D eigenvalue weighted by atomic mass is 127. The lowest BCUT2D eigenvalue weighted by molar-refractivity contribution is -0.149. The molecule has 7 nitrogen and oxygen atoms in total. The molecule has 138 valence electrons. The van der Waals surface area contributed by atoms with Crippen LogP contribution in [-0.2, 0) is 14.3 Å². The molecule has 0 atom stereocenters. The molecule has 0 saturated carbocycles. The van der Waals surface area contributed by atoms with Gasteiger partial charge in [-0.25, -0.2) is 4.79 Å². The predicted molar refractivity (Wildman–Crippen MR) is 104 cm³/mol. The molecule has 0 bridgehead atoms. The van der Waals surface area contributed by atoms with Crippen molar-refractivity contribution in [2.75, 3.05) is 32.8 Å². The first-order valence-electron chi connectivity index (χ1n) is 7.57. The first kappa shape index (κ1) is 19.8. The zero-order chi connectivity index (χ0) is 18.9. The lowest BCUT2D eigenvalue weighted by atomic mass is 10.2. The van der Waals surface area contributed by atoms with Crippen LogP contribution >= 0.6 is 22.6 Å². The normalized spacial score (nSPS) is 9.96. The maximum absolute atomic E-state index is 11.9. The fourth-order valence-electron chi connectivity index (χ4n) is 1.97. The first-order chi connectivity index (χ1) is 12.5. The molecule has 0 aliphatic heterocycles. The van der Waals surface area contributed by atoms with Gasteiger partial charge >= 0.3 is 5.97 Å². The van der Waals surface area contributed by atoms with E-state index in [-0.39, 0.29) is 6.61 Å². The molecule has 26 heavy (non-hydrogen) atoms. The van der Waals surface area contributed by atoms with Crippen molar-refractivity contribution in [3.8, 4) is 17.2 Å². The van der Waals surface area contributed by atoms with Crippen molar-refractivity contribution >= 4 is 40.2 Å². The number of halogens is 1. The second-order valence-electron chi connectivity index (χ2n) is 5.02. The number of hydrogen-bond acceptors (Lipinski definition) is 6. The van der Waals surface area contributed by atoms with Gasteiger partial charge in [0.1, 0.15) is 5.75 Å². The molecule has 1 amide bonds. The Morgan fingerprint density at radius 3 is 2.31 bits per heavy atom. The Morgan fingerprint density at radius 1 is 0.962 bits per heavy atom. The number of nitrogens with one attached hydrogen (secondary N) is 1. The minimum atomic E-state index is -0.633. The minimum Gasteiger partial charge on any atom is -0.493 e. The third-order valence-electron chi connectivity index (χ3n) is 3.20. The quantitative estimate of drug-likeness (QED) is 0.471. The summed E-state index contributed by atoms with van der Waals surface area (Å²) in [5, 5.41) is 2.61. The predicted octanol–water partition coefficient (Wildman–Crippen LogP) is 2.87. The summed E-state index contributed by atoms with van der Waals surface area (Å²) >= 11 is 2.17. The van der Waals surface area contributed by atoms with Gasteiger partial charge in [-0.1, -0.05) is 0 Å². The number of carbonyl (C=O) groups excluding carboxylic acids is 2. The van der Waals surface area contributed by atoms with E-state index in [0.29, 0.717) is 22.9 Å². The second-order valence-corrected chi connectivity index (χ2v) is 6.27. The topological polar surface area (TPSA) is 83.1 Å². The Hall–Kier alpha value is -2.49. The van der Waals surface area contributed by atoms with Crippen molar-refractivity contribution in [2.24, 2.45) is 0 Å². The van der Waals surface area contributed by atoms with Crippen LogP contribution in [0, 0.1) is 3.57 Å². The van der Waals surface area contributed by atoms with Gasteiger partial charge in [-0.15, -0.1) is 0 Å². The van der Waals surface area contributed by atoms with Crippen molar-refractivity contribution < 1.29 is 28.5 Å². The SMILES string of the molecule is COc1ccc(NC(=O)COC(=O)COc2ccc(I)cc2)cc1OC. The van der Waals surface area contributed by atoms with Gasteiger partial charge in [0.15, 0.2) is 24.7 Å². The van der Waals surface area contributed by atoms with Crippen LogP contribution in [0.5, 0.6) is 17.2 Å². The maximum atomic E-state index is 11.9. The van der Waals surface area contributed by atoms with E-state index in [1.807, 2.05) is 12.1 Å². The number of rotatable bonds is 8. The van der Waals surface area contributed by atoms with E-state index in [0.717, 1.165) is 3.57 Å². The number of anilines is 1. The van der Waals surface area contributed by atoms with Gasteiger partial charge in [0, 0.05) is 15.3 Å². The van der Waals surface area contributed by atoms with Crippen molar-refractivity contribution in [1.82, 2.24) is 0 Å². The van der Waals surface area contributed by atoms with Crippen molar-refractivity contribution in [3.05, 3.63) is 46.0 Å². The molecule has 0 aliphatic rings.